The first kappa shape index (κ1) is 13.0. The first-order valence-corrected chi connectivity index (χ1v) is 5.30. The first-order chi connectivity index (χ1) is 8.09. The van der Waals surface area contributed by atoms with Crippen molar-refractivity contribution >= 4 is 12.0 Å². The molecule has 0 aliphatic carbocycles. The quantitative estimate of drug-likeness (QED) is 0.856. The Morgan fingerprint density at radius 3 is 2.47 bits per heavy atom. The minimum Gasteiger partial charge on any atom is -0.410 e. The standard InChI is InChI=1S/C12H16N2O3/c1-14(2)11(15)8-9-13-12(16)17-10-6-4-3-5-7-10/h3-7H,8-9H2,1-2H3,(H,13,16). The molecule has 0 saturated heterocycles. The van der Waals surface area contributed by atoms with Gasteiger partial charge in [0.25, 0.3) is 0 Å². The molecule has 5 nitrogen and oxygen atoms in total. The molecule has 0 saturated carbocycles. The summed E-state index contributed by atoms with van der Waals surface area (Å²) in [6.07, 6.45) is -0.292. The Labute approximate surface area is 100 Å². The smallest absolute Gasteiger partial charge is 0.410 e. The van der Waals surface area contributed by atoms with Crippen molar-refractivity contribution < 1.29 is 14.3 Å². The van der Waals surface area contributed by atoms with Crippen molar-refractivity contribution in [3.8, 4) is 5.75 Å². The van der Waals surface area contributed by atoms with E-state index < -0.39 is 6.09 Å². The molecule has 0 fully saturated rings. The fourth-order valence-electron chi connectivity index (χ4n) is 1.13. The van der Waals surface area contributed by atoms with Crippen LogP contribution < -0.4 is 10.1 Å². The Balaban J connectivity index is 2.25. The summed E-state index contributed by atoms with van der Waals surface area (Å²) < 4.78 is 4.98. The summed E-state index contributed by atoms with van der Waals surface area (Å²) in [6.45, 7) is 0.267. The van der Waals surface area contributed by atoms with Gasteiger partial charge >= 0.3 is 6.09 Å². The average Bonchev–Trinajstić information content (AvgIpc) is 2.30. The second-order valence-electron chi connectivity index (χ2n) is 3.67. The second kappa shape index (κ2) is 6.52. The molecule has 1 aromatic rings. The van der Waals surface area contributed by atoms with Gasteiger partial charge in [-0.3, -0.25) is 4.79 Å². The van der Waals surface area contributed by atoms with Gasteiger partial charge in [-0.2, -0.15) is 0 Å². The number of benzene rings is 1. The van der Waals surface area contributed by atoms with Gasteiger partial charge in [-0.05, 0) is 12.1 Å². The second-order valence-corrected chi connectivity index (χ2v) is 3.67. The lowest BCUT2D eigenvalue weighted by molar-refractivity contribution is -0.128. The van der Waals surface area contributed by atoms with Gasteiger partial charge in [-0.1, -0.05) is 18.2 Å². The van der Waals surface area contributed by atoms with E-state index in [0.29, 0.717) is 5.75 Å². The Kier molecular flexibility index (Phi) is 5.00. The zero-order valence-corrected chi connectivity index (χ0v) is 9.97. The van der Waals surface area contributed by atoms with Crippen LogP contribution in [-0.4, -0.2) is 37.5 Å². The maximum atomic E-state index is 11.3. The van der Waals surface area contributed by atoms with Crippen LogP contribution in [0.25, 0.3) is 0 Å². The van der Waals surface area contributed by atoms with E-state index in [1.54, 1.807) is 38.4 Å². The molecule has 0 aliphatic rings. The van der Waals surface area contributed by atoms with Gasteiger partial charge in [0.05, 0.1) is 0 Å². The van der Waals surface area contributed by atoms with Gasteiger partial charge in [0.1, 0.15) is 5.75 Å². The van der Waals surface area contributed by atoms with Crippen molar-refractivity contribution in [2.45, 2.75) is 6.42 Å². The van der Waals surface area contributed by atoms with Crippen molar-refractivity contribution in [2.75, 3.05) is 20.6 Å². The molecular weight excluding hydrogens is 220 g/mol. The molecular formula is C12H16N2O3. The third-order valence-corrected chi connectivity index (χ3v) is 2.06. The van der Waals surface area contributed by atoms with E-state index in [1.165, 1.54) is 4.90 Å². The number of hydrogen-bond donors (Lipinski definition) is 1. The molecule has 17 heavy (non-hydrogen) atoms. The summed E-state index contributed by atoms with van der Waals surface area (Å²) >= 11 is 0. The lowest BCUT2D eigenvalue weighted by Gasteiger charge is -2.10. The number of carbonyl (C=O) groups is 2. The molecule has 0 atom stereocenters. The maximum Gasteiger partial charge on any atom is 0.412 e. The number of amides is 2. The maximum absolute atomic E-state index is 11.3. The Morgan fingerprint density at radius 1 is 1.24 bits per heavy atom. The number of ether oxygens (including phenoxy) is 1. The van der Waals surface area contributed by atoms with Gasteiger partial charge in [0.2, 0.25) is 5.91 Å². The summed E-state index contributed by atoms with van der Waals surface area (Å²) in [5, 5.41) is 2.51. The van der Waals surface area contributed by atoms with Crippen LogP contribution in [0.15, 0.2) is 30.3 Å². The summed E-state index contributed by atoms with van der Waals surface area (Å²) in [5.41, 5.74) is 0. The van der Waals surface area contributed by atoms with Crippen LogP contribution in [-0.2, 0) is 4.79 Å². The van der Waals surface area contributed by atoms with E-state index in [4.69, 9.17) is 4.74 Å². The largest absolute Gasteiger partial charge is 0.412 e. The highest BCUT2D eigenvalue weighted by molar-refractivity contribution is 5.77. The highest BCUT2D eigenvalue weighted by atomic mass is 16.6. The van der Waals surface area contributed by atoms with Crippen LogP contribution in [0.5, 0.6) is 5.75 Å². The molecule has 1 rings (SSSR count). The molecule has 0 heterocycles. The van der Waals surface area contributed by atoms with Crippen molar-refractivity contribution in [1.82, 2.24) is 10.2 Å². The number of para-hydroxylation sites is 1. The molecule has 5 heteroatoms. The van der Waals surface area contributed by atoms with Crippen molar-refractivity contribution in [3.05, 3.63) is 30.3 Å². The summed E-state index contributed by atoms with van der Waals surface area (Å²) in [5.74, 6) is 0.439. The average molecular weight is 236 g/mol. The highest BCUT2D eigenvalue weighted by Gasteiger charge is 2.06. The fraction of sp³-hybridized carbons (Fsp3) is 0.333. The number of nitrogens with one attached hydrogen (secondary N) is 1. The summed E-state index contributed by atoms with van der Waals surface area (Å²) in [7, 11) is 3.34. The molecule has 92 valence electrons. The van der Waals surface area contributed by atoms with Crippen LogP contribution in [0.4, 0.5) is 4.79 Å². The van der Waals surface area contributed by atoms with Crippen LogP contribution in [0.3, 0.4) is 0 Å². The minimum atomic E-state index is -0.553. The topological polar surface area (TPSA) is 58.6 Å². The van der Waals surface area contributed by atoms with Crippen molar-refractivity contribution in [1.29, 1.82) is 0 Å². The zero-order valence-electron chi connectivity index (χ0n) is 9.97. The third kappa shape index (κ3) is 5.01. The molecule has 0 aromatic heterocycles. The van der Waals surface area contributed by atoms with E-state index in [-0.39, 0.29) is 18.9 Å². The van der Waals surface area contributed by atoms with E-state index in [1.807, 2.05) is 6.07 Å². The number of nitrogens with zero attached hydrogens (tertiary/aromatic N) is 1. The lowest BCUT2D eigenvalue weighted by atomic mass is 10.3. The fourth-order valence-corrected chi connectivity index (χ4v) is 1.13. The molecule has 2 amide bonds. The third-order valence-electron chi connectivity index (χ3n) is 2.06. The monoisotopic (exact) mass is 236 g/mol. The Hall–Kier alpha value is -2.04. The molecule has 0 aliphatic heterocycles. The lowest BCUT2D eigenvalue weighted by Crippen LogP contribution is -2.31. The van der Waals surface area contributed by atoms with E-state index in [2.05, 4.69) is 5.32 Å². The predicted molar refractivity (Wildman–Crippen MR) is 63.8 cm³/mol. The van der Waals surface area contributed by atoms with Crippen molar-refractivity contribution in [2.24, 2.45) is 0 Å². The van der Waals surface area contributed by atoms with Gasteiger partial charge in [0.15, 0.2) is 0 Å². The van der Waals surface area contributed by atoms with Crippen LogP contribution in [0.1, 0.15) is 6.42 Å². The van der Waals surface area contributed by atoms with Gasteiger partial charge < -0.3 is 15.0 Å². The Bertz CT molecular complexity index is 377. The van der Waals surface area contributed by atoms with Gasteiger partial charge in [-0.25, -0.2) is 4.79 Å². The Morgan fingerprint density at radius 2 is 1.88 bits per heavy atom. The van der Waals surface area contributed by atoms with E-state index in [9.17, 15) is 9.59 Å². The van der Waals surface area contributed by atoms with Crippen LogP contribution in [0.2, 0.25) is 0 Å². The van der Waals surface area contributed by atoms with Crippen molar-refractivity contribution in [3.63, 3.8) is 0 Å². The minimum absolute atomic E-state index is 0.0370. The van der Waals surface area contributed by atoms with Crippen LogP contribution >= 0.6 is 0 Å². The van der Waals surface area contributed by atoms with Gasteiger partial charge in [-0.15, -0.1) is 0 Å². The van der Waals surface area contributed by atoms with Crippen LogP contribution in [0, 0.1) is 0 Å². The molecule has 1 N–H and O–H groups in total. The highest BCUT2D eigenvalue weighted by Crippen LogP contribution is 2.07. The number of hydrogen-bond acceptors (Lipinski definition) is 3. The molecule has 1 aromatic carbocycles. The predicted octanol–water partition coefficient (Wildman–Crippen LogP) is 1.25. The molecule has 0 unspecified atom stereocenters. The molecule has 0 bridgehead atoms. The normalized spacial score (nSPS) is 9.53. The van der Waals surface area contributed by atoms with Gasteiger partial charge in [0, 0.05) is 27.1 Å². The number of carbonyl (C=O) groups excluding carboxylic acids is 2. The SMILES string of the molecule is CN(C)C(=O)CCNC(=O)Oc1ccccc1. The summed E-state index contributed by atoms with van der Waals surface area (Å²) in [4.78, 5) is 24.0. The number of rotatable bonds is 4. The summed E-state index contributed by atoms with van der Waals surface area (Å²) in [6, 6.07) is 8.76. The molecule has 0 radical (unpaired) electrons. The van der Waals surface area contributed by atoms with E-state index >= 15 is 0 Å². The first-order valence-electron chi connectivity index (χ1n) is 5.30. The zero-order chi connectivity index (χ0) is 12.7. The van der Waals surface area contributed by atoms with E-state index in [0.717, 1.165) is 0 Å². The molecule has 0 spiro atoms.